The van der Waals surface area contributed by atoms with E-state index >= 15 is 0 Å². The van der Waals surface area contributed by atoms with E-state index in [1.54, 1.807) is 0 Å². The molecule has 6 heteroatoms. The summed E-state index contributed by atoms with van der Waals surface area (Å²) in [5.74, 6) is 0.563. The highest BCUT2D eigenvalue weighted by atomic mass is 127. The van der Waals surface area contributed by atoms with Crippen LogP contribution in [0.4, 0.5) is 5.69 Å². The molecule has 1 fully saturated rings. The first-order chi connectivity index (χ1) is 11.7. The number of benzene rings is 1. The van der Waals surface area contributed by atoms with Crippen LogP contribution in [0, 0.1) is 0 Å². The van der Waals surface area contributed by atoms with Crippen molar-refractivity contribution in [3.8, 4) is 0 Å². The summed E-state index contributed by atoms with van der Waals surface area (Å²) in [4.78, 5) is 9.38. The number of hydrogen-bond acceptors (Lipinski definition) is 3. The molecular formula is C19H32IN5. The fraction of sp³-hybridized carbons (Fsp3) is 0.632. The summed E-state index contributed by atoms with van der Waals surface area (Å²) in [7, 11) is 2.17. The highest BCUT2D eigenvalue weighted by Crippen LogP contribution is 2.26. The Morgan fingerprint density at radius 2 is 2.16 bits per heavy atom. The molecule has 1 aromatic rings. The molecule has 1 unspecified atom stereocenters. The molecule has 25 heavy (non-hydrogen) atoms. The minimum Gasteiger partial charge on any atom is -0.374 e. The SMILES string of the molecule is CCN1CCCC1CNC(N)=NCc1ccc2c(c1)CCCN2C.I. The topological polar surface area (TPSA) is 56.9 Å². The third-order valence-electron chi connectivity index (χ3n) is 5.35. The lowest BCUT2D eigenvalue weighted by molar-refractivity contribution is 0.267. The zero-order valence-electron chi connectivity index (χ0n) is 15.5. The quantitative estimate of drug-likeness (QED) is 0.406. The molecule has 0 radical (unpaired) electrons. The lowest BCUT2D eigenvalue weighted by Crippen LogP contribution is -2.42. The smallest absolute Gasteiger partial charge is 0.188 e. The van der Waals surface area contributed by atoms with E-state index in [-0.39, 0.29) is 24.0 Å². The van der Waals surface area contributed by atoms with Crippen molar-refractivity contribution in [2.45, 2.75) is 45.2 Å². The lowest BCUT2D eigenvalue weighted by Gasteiger charge is -2.27. The number of likely N-dealkylation sites (N-methyl/N-ethyl adjacent to an activating group) is 1. The molecule has 1 atom stereocenters. The summed E-state index contributed by atoms with van der Waals surface area (Å²) < 4.78 is 0. The predicted molar refractivity (Wildman–Crippen MR) is 117 cm³/mol. The summed E-state index contributed by atoms with van der Waals surface area (Å²) in [6.07, 6.45) is 4.95. The van der Waals surface area contributed by atoms with Gasteiger partial charge in [-0.2, -0.15) is 0 Å². The van der Waals surface area contributed by atoms with Crippen LogP contribution in [0.2, 0.25) is 0 Å². The van der Waals surface area contributed by atoms with Crippen LogP contribution >= 0.6 is 24.0 Å². The van der Waals surface area contributed by atoms with E-state index in [4.69, 9.17) is 5.73 Å². The first kappa shape index (κ1) is 20.3. The Hall–Kier alpha value is -1.02. The van der Waals surface area contributed by atoms with Crippen molar-refractivity contribution >= 4 is 35.6 Å². The summed E-state index contributed by atoms with van der Waals surface area (Å²) in [6.45, 7) is 7.26. The number of likely N-dealkylation sites (tertiary alicyclic amines) is 1. The molecule has 0 bridgehead atoms. The maximum Gasteiger partial charge on any atom is 0.188 e. The number of rotatable bonds is 5. The van der Waals surface area contributed by atoms with Crippen molar-refractivity contribution in [1.29, 1.82) is 0 Å². The Morgan fingerprint density at radius 3 is 2.96 bits per heavy atom. The first-order valence-electron chi connectivity index (χ1n) is 9.28. The molecule has 0 aliphatic carbocycles. The molecule has 2 heterocycles. The van der Waals surface area contributed by atoms with Crippen molar-refractivity contribution in [3.05, 3.63) is 29.3 Å². The van der Waals surface area contributed by atoms with Gasteiger partial charge in [0.15, 0.2) is 5.96 Å². The monoisotopic (exact) mass is 457 g/mol. The van der Waals surface area contributed by atoms with Gasteiger partial charge in [-0.3, -0.25) is 4.90 Å². The van der Waals surface area contributed by atoms with Gasteiger partial charge >= 0.3 is 0 Å². The number of nitrogens with one attached hydrogen (secondary N) is 1. The van der Waals surface area contributed by atoms with E-state index in [9.17, 15) is 0 Å². The Balaban J connectivity index is 0.00000225. The average molecular weight is 457 g/mol. The van der Waals surface area contributed by atoms with Crippen molar-refractivity contribution in [1.82, 2.24) is 10.2 Å². The van der Waals surface area contributed by atoms with E-state index in [1.165, 1.54) is 49.0 Å². The molecule has 3 N–H and O–H groups in total. The Kier molecular flexibility index (Phi) is 7.81. The summed E-state index contributed by atoms with van der Waals surface area (Å²) >= 11 is 0. The van der Waals surface area contributed by atoms with E-state index in [1.807, 2.05) is 0 Å². The van der Waals surface area contributed by atoms with Gasteiger partial charge in [0.05, 0.1) is 6.54 Å². The van der Waals surface area contributed by atoms with Gasteiger partial charge in [-0.25, -0.2) is 4.99 Å². The van der Waals surface area contributed by atoms with Crippen LogP contribution in [0.3, 0.4) is 0 Å². The number of halogens is 1. The molecule has 140 valence electrons. The Labute approximate surface area is 169 Å². The molecule has 0 aromatic heterocycles. The Morgan fingerprint density at radius 1 is 1.32 bits per heavy atom. The third kappa shape index (κ3) is 5.23. The summed E-state index contributed by atoms with van der Waals surface area (Å²) in [6, 6.07) is 7.29. The number of nitrogens with two attached hydrogens (primary N) is 1. The molecule has 1 saturated heterocycles. The standard InChI is InChI=1S/C19H31N5.HI/c1-3-24-11-5-7-17(24)14-22-19(20)21-13-15-8-9-18-16(12-15)6-4-10-23(18)2;/h8-9,12,17H,3-7,10-11,13-14H2,1-2H3,(H3,20,21,22);1H. The zero-order chi connectivity index (χ0) is 16.9. The molecule has 0 amide bonds. The zero-order valence-corrected chi connectivity index (χ0v) is 17.8. The molecular weight excluding hydrogens is 425 g/mol. The van der Waals surface area contributed by atoms with Crippen molar-refractivity contribution in [2.75, 3.05) is 38.1 Å². The average Bonchev–Trinajstić information content (AvgIpc) is 3.06. The first-order valence-corrected chi connectivity index (χ1v) is 9.28. The number of aryl methyl sites for hydroxylation is 1. The minimum absolute atomic E-state index is 0. The van der Waals surface area contributed by atoms with E-state index < -0.39 is 0 Å². The summed E-state index contributed by atoms with van der Waals surface area (Å²) in [5.41, 5.74) is 10.1. The maximum atomic E-state index is 6.06. The fourth-order valence-corrected chi connectivity index (χ4v) is 3.93. The minimum atomic E-state index is 0. The van der Waals surface area contributed by atoms with Crippen LogP contribution < -0.4 is 16.0 Å². The number of fused-ring (bicyclic) bond motifs is 1. The largest absolute Gasteiger partial charge is 0.374 e. The number of nitrogens with zero attached hydrogens (tertiary/aromatic N) is 3. The highest BCUT2D eigenvalue weighted by molar-refractivity contribution is 14.0. The van der Waals surface area contributed by atoms with Crippen LogP contribution in [0.15, 0.2) is 23.2 Å². The molecule has 0 saturated carbocycles. The predicted octanol–water partition coefficient (Wildman–Crippen LogP) is 2.58. The van der Waals surface area contributed by atoms with Crippen LogP contribution in [-0.2, 0) is 13.0 Å². The van der Waals surface area contributed by atoms with Gasteiger partial charge in [-0.1, -0.05) is 19.1 Å². The van der Waals surface area contributed by atoms with Gasteiger partial charge in [0, 0.05) is 31.9 Å². The van der Waals surface area contributed by atoms with Gasteiger partial charge < -0.3 is 16.0 Å². The molecule has 0 spiro atoms. The number of guanidine groups is 1. The number of aliphatic imine (C=N–C) groups is 1. The Bertz CT molecular complexity index is 589. The molecule has 3 rings (SSSR count). The van der Waals surface area contributed by atoms with Gasteiger partial charge in [-0.05, 0) is 56.0 Å². The van der Waals surface area contributed by atoms with E-state index in [0.29, 0.717) is 18.5 Å². The van der Waals surface area contributed by atoms with Crippen LogP contribution in [-0.4, -0.2) is 50.1 Å². The van der Waals surface area contributed by atoms with Crippen LogP contribution in [0.25, 0.3) is 0 Å². The van der Waals surface area contributed by atoms with Crippen molar-refractivity contribution in [2.24, 2.45) is 10.7 Å². The van der Waals surface area contributed by atoms with Crippen LogP contribution in [0.5, 0.6) is 0 Å². The van der Waals surface area contributed by atoms with Crippen LogP contribution in [0.1, 0.15) is 37.3 Å². The number of anilines is 1. The molecule has 2 aliphatic rings. The van der Waals surface area contributed by atoms with Crippen molar-refractivity contribution < 1.29 is 0 Å². The molecule has 1 aromatic carbocycles. The second-order valence-electron chi connectivity index (χ2n) is 7.00. The van der Waals surface area contributed by atoms with E-state index in [0.717, 1.165) is 19.6 Å². The second kappa shape index (κ2) is 9.62. The van der Waals surface area contributed by atoms with Crippen molar-refractivity contribution in [3.63, 3.8) is 0 Å². The molecule has 5 nitrogen and oxygen atoms in total. The highest BCUT2D eigenvalue weighted by Gasteiger charge is 2.22. The lowest BCUT2D eigenvalue weighted by atomic mass is 10.00. The third-order valence-corrected chi connectivity index (χ3v) is 5.35. The fourth-order valence-electron chi connectivity index (χ4n) is 3.93. The second-order valence-corrected chi connectivity index (χ2v) is 7.00. The van der Waals surface area contributed by atoms with Gasteiger partial charge in [0.1, 0.15) is 0 Å². The maximum absolute atomic E-state index is 6.06. The normalized spacial score (nSPS) is 21.0. The van der Waals surface area contributed by atoms with Gasteiger partial charge in [0.25, 0.3) is 0 Å². The van der Waals surface area contributed by atoms with Gasteiger partial charge in [-0.15, -0.1) is 24.0 Å². The van der Waals surface area contributed by atoms with Gasteiger partial charge in [0.2, 0.25) is 0 Å². The van der Waals surface area contributed by atoms with E-state index in [2.05, 4.69) is 52.3 Å². The summed E-state index contributed by atoms with van der Waals surface area (Å²) in [5, 5.41) is 3.31. The molecule has 2 aliphatic heterocycles. The number of hydrogen-bond donors (Lipinski definition) is 2.